The molecule has 1 aromatic heterocycles. The van der Waals surface area contributed by atoms with Crippen LogP contribution in [-0.4, -0.2) is 16.5 Å². The second-order valence-electron chi connectivity index (χ2n) is 4.23. The van der Waals surface area contributed by atoms with E-state index in [2.05, 4.69) is 0 Å². The molecule has 17 heavy (non-hydrogen) atoms. The molecule has 0 amide bonds. The Kier molecular flexibility index (Phi) is 2.75. The Labute approximate surface area is 97.9 Å². The van der Waals surface area contributed by atoms with Gasteiger partial charge in [-0.1, -0.05) is 19.1 Å². The van der Waals surface area contributed by atoms with Gasteiger partial charge in [0.15, 0.2) is 17.2 Å². The number of Topliss-reactive ketones (excluding diaryl/α,β-unsaturated/α-hetero) is 1. The maximum atomic E-state index is 13.4. The quantitative estimate of drug-likeness (QED) is 0.833. The Hall–Kier alpha value is -1.68. The number of aliphatic hydroxyl groups is 1. The van der Waals surface area contributed by atoms with Crippen LogP contribution < -0.4 is 0 Å². The molecule has 0 aliphatic heterocycles. The van der Waals surface area contributed by atoms with Gasteiger partial charge in [0.05, 0.1) is 0 Å². The Balaban J connectivity index is 2.51. The topological polar surface area (TPSA) is 50.4 Å². The molecule has 0 saturated heterocycles. The number of rotatable bonds is 3. The Morgan fingerprint density at radius 3 is 2.82 bits per heavy atom. The van der Waals surface area contributed by atoms with Crippen LogP contribution >= 0.6 is 0 Å². The zero-order valence-corrected chi connectivity index (χ0v) is 9.66. The summed E-state index contributed by atoms with van der Waals surface area (Å²) in [6.07, 6.45) is 0.269. The minimum atomic E-state index is -1.48. The van der Waals surface area contributed by atoms with Gasteiger partial charge in [-0.05, 0) is 25.5 Å². The van der Waals surface area contributed by atoms with E-state index in [-0.39, 0.29) is 17.8 Å². The van der Waals surface area contributed by atoms with Crippen LogP contribution in [0.1, 0.15) is 30.8 Å². The number of carbonyl (C=O) groups is 1. The van der Waals surface area contributed by atoms with E-state index in [1.807, 2.05) is 0 Å². The summed E-state index contributed by atoms with van der Waals surface area (Å²) in [4.78, 5) is 11.9. The lowest BCUT2D eigenvalue weighted by molar-refractivity contribution is 0.0364. The van der Waals surface area contributed by atoms with Gasteiger partial charge in [0, 0.05) is 5.39 Å². The normalized spacial score (nSPS) is 14.8. The predicted molar refractivity (Wildman–Crippen MR) is 61.4 cm³/mol. The molecule has 1 atom stereocenters. The summed E-state index contributed by atoms with van der Waals surface area (Å²) in [5.41, 5.74) is -1.44. The van der Waals surface area contributed by atoms with Crippen molar-refractivity contribution in [1.29, 1.82) is 0 Å². The fourth-order valence-corrected chi connectivity index (χ4v) is 1.57. The van der Waals surface area contributed by atoms with Gasteiger partial charge in [0.25, 0.3) is 0 Å². The first-order chi connectivity index (χ1) is 7.95. The lowest BCUT2D eigenvalue weighted by Gasteiger charge is -2.17. The molecule has 2 rings (SSSR count). The number of hydrogen-bond donors (Lipinski definition) is 1. The molecule has 0 bridgehead atoms. The molecule has 0 saturated carbocycles. The van der Waals surface area contributed by atoms with Crippen molar-refractivity contribution in [1.82, 2.24) is 0 Å². The van der Waals surface area contributed by atoms with Crippen LogP contribution in [0.5, 0.6) is 0 Å². The summed E-state index contributed by atoms with van der Waals surface area (Å²) < 4.78 is 18.5. The van der Waals surface area contributed by atoms with Crippen molar-refractivity contribution in [2.75, 3.05) is 0 Å². The van der Waals surface area contributed by atoms with Gasteiger partial charge in [0.2, 0.25) is 5.78 Å². The summed E-state index contributed by atoms with van der Waals surface area (Å²) >= 11 is 0. The Morgan fingerprint density at radius 1 is 1.53 bits per heavy atom. The van der Waals surface area contributed by atoms with Crippen LogP contribution in [0, 0.1) is 5.82 Å². The van der Waals surface area contributed by atoms with Gasteiger partial charge in [-0.15, -0.1) is 0 Å². The first kappa shape index (κ1) is 11.8. The molecule has 4 heteroatoms. The second kappa shape index (κ2) is 3.96. The molecule has 1 N–H and O–H groups in total. The van der Waals surface area contributed by atoms with Gasteiger partial charge >= 0.3 is 0 Å². The number of para-hydroxylation sites is 1. The van der Waals surface area contributed by atoms with Crippen molar-refractivity contribution < 1.29 is 18.7 Å². The van der Waals surface area contributed by atoms with Crippen LogP contribution in [0.2, 0.25) is 0 Å². The van der Waals surface area contributed by atoms with Gasteiger partial charge in [-0.25, -0.2) is 4.39 Å². The van der Waals surface area contributed by atoms with E-state index in [0.29, 0.717) is 5.39 Å². The minimum absolute atomic E-state index is 0.0167. The number of furan rings is 1. The second-order valence-corrected chi connectivity index (χ2v) is 4.23. The third-order valence-corrected chi connectivity index (χ3v) is 2.90. The lowest BCUT2D eigenvalue weighted by atomic mass is 9.96. The number of ketones is 1. The summed E-state index contributed by atoms with van der Waals surface area (Å²) in [5.74, 6) is -1.06. The highest BCUT2D eigenvalue weighted by Crippen LogP contribution is 2.25. The zero-order chi connectivity index (χ0) is 12.6. The van der Waals surface area contributed by atoms with E-state index in [1.165, 1.54) is 19.1 Å². The highest BCUT2D eigenvalue weighted by molar-refractivity contribution is 6.02. The molecule has 1 heterocycles. The van der Waals surface area contributed by atoms with Crippen molar-refractivity contribution in [2.45, 2.75) is 25.9 Å². The van der Waals surface area contributed by atoms with Gasteiger partial charge in [-0.3, -0.25) is 4.79 Å². The van der Waals surface area contributed by atoms with Crippen LogP contribution in [0.4, 0.5) is 4.39 Å². The first-order valence-electron chi connectivity index (χ1n) is 5.41. The van der Waals surface area contributed by atoms with Crippen LogP contribution in [-0.2, 0) is 0 Å². The average Bonchev–Trinajstić information content (AvgIpc) is 2.73. The molecule has 1 aromatic carbocycles. The number of carbonyl (C=O) groups excluding carboxylic acids is 1. The van der Waals surface area contributed by atoms with Crippen molar-refractivity contribution in [3.05, 3.63) is 35.8 Å². The summed E-state index contributed by atoms with van der Waals surface area (Å²) in [5, 5.41) is 10.4. The summed E-state index contributed by atoms with van der Waals surface area (Å²) in [6, 6.07) is 5.90. The standard InChI is InChI=1S/C13H13FO3/c1-3-13(2,16)12(15)10-7-8-5-4-6-9(14)11(8)17-10/h4-7,16H,3H2,1-2H3. The highest BCUT2D eigenvalue weighted by Gasteiger charge is 2.31. The molecule has 0 fully saturated rings. The monoisotopic (exact) mass is 236 g/mol. The van der Waals surface area contributed by atoms with Gasteiger partial charge in [0.1, 0.15) is 5.60 Å². The fraction of sp³-hybridized carbons (Fsp3) is 0.308. The molecule has 90 valence electrons. The Bertz CT molecular complexity index is 569. The minimum Gasteiger partial charge on any atom is -0.450 e. The van der Waals surface area contributed by atoms with Gasteiger partial charge < -0.3 is 9.52 Å². The largest absolute Gasteiger partial charge is 0.450 e. The summed E-state index contributed by atoms with van der Waals surface area (Å²) in [7, 11) is 0. The van der Waals surface area contributed by atoms with Crippen molar-refractivity contribution in [3.8, 4) is 0 Å². The predicted octanol–water partition coefficient (Wildman–Crippen LogP) is 2.92. The van der Waals surface area contributed by atoms with Crippen LogP contribution in [0.25, 0.3) is 11.0 Å². The fourth-order valence-electron chi connectivity index (χ4n) is 1.57. The molecule has 0 radical (unpaired) electrons. The average molecular weight is 236 g/mol. The lowest BCUT2D eigenvalue weighted by Crippen LogP contribution is -2.33. The SMILES string of the molecule is CCC(C)(O)C(=O)c1cc2cccc(F)c2o1. The summed E-state index contributed by atoms with van der Waals surface area (Å²) in [6.45, 7) is 3.11. The molecule has 2 aromatic rings. The van der Waals surface area contributed by atoms with Crippen molar-refractivity contribution in [2.24, 2.45) is 0 Å². The van der Waals surface area contributed by atoms with E-state index in [1.54, 1.807) is 19.1 Å². The van der Waals surface area contributed by atoms with E-state index in [4.69, 9.17) is 4.42 Å². The number of fused-ring (bicyclic) bond motifs is 1. The Morgan fingerprint density at radius 2 is 2.24 bits per heavy atom. The molecular weight excluding hydrogens is 223 g/mol. The number of halogens is 1. The van der Waals surface area contributed by atoms with E-state index < -0.39 is 17.2 Å². The molecule has 3 nitrogen and oxygen atoms in total. The van der Waals surface area contributed by atoms with Crippen LogP contribution in [0.15, 0.2) is 28.7 Å². The molecule has 0 aliphatic carbocycles. The first-order valence-corrected chi connectivity index (χ1v) is 5.41. The third-order valence-electron chi connectivity index (χ3n) is 2.90. The maximum absolute atomic E-state index is 13.4. The van der Waals surface area contributed by atoms with E-state index >= 15 is 0 Å². The molecule has 0 aliphatic rings. The molecule has 1 unspecified atom stereocenters. The smallest absolute Gasteiger partial charge is 0.229 e. The third kappa shape index (κ3) is 1.96. The van der Waals surface area contributed by atoms with Crippen LogP contribution in [0.3, 0.4) is 0 Å². The number of hydrogen-bond acceptors (Lipinski definition) is 3. The van der Waals surface area contributed by atoms with E-state index in [0.717, 1.165) is 0 Å². The maximum Gasteiger partial charge on any atom is 0.229 e. The number of benzene rings is 1. The van der Waals surface area contributed by atoms with Crippen molar-refractivity contribution in [3.63, 3.8) is 0 Å². The zero-order valence-electron chi connectivity index (χ0n) is 9.66. The highest BCUT2D eigenvalue weighted by atomic mass is 19.1. The van der Waals surface area contributed by atoms with Gasteiger partial charge in [-0.2, -0.15) is 0 Å². The molecule has 0 spiro atoms. The molecular formula is C13H13FO3. The van der Waals surface area contributed by atoms with E-state index in [9.17, 15) is 14.3 Å². The van der Waals surface area contributed by atoms with Crippen molar-refractivity contribution >= 4 is 16.8 Å².